The first kappa shape index (κ1) is 33.0. The molecule has 2 heterocycles. The minimum atomic E-state index is -0.694. The highest BCUT2D eigenvalue weighted by Gasteiger charge is 2.20. The van der Waals surface area contributed by atoms with E-state index in [9.17, 15) is 18.5 Å². The van der Waals surface area contributed by atoms with E-state index in [0.29, 0.717) is 22.9 Å². The Kier molecular flexibility index (Phi) is 13.7. The second-order valence-electron chi connectivity index (χ2n) is 10.4. The summed E-state index contributed by atoms with van der Waals surface area (Å²) in [7, 11) is -0.694. The standard InChI is InChI=1S/C20H20FN3O2S.C9H14N2O.C3H8/c21-16-3-7-18(8-4-16)24-20(14-25)19(13-22-24)15-1-5-17(6-2-15)23-9-11-27(26)12-10-23;10-6-7-11-9(12)8-4-2-1-3-5-8;1-3-2/h1-8,13,25H,9-12,14H2;8H,1-5,7H2,(H,11,12);3H2,1-2H3. The topological polar surface area (TPSA) is 111 Å². The van der Waals surface area contributed by atoms with E-state index < -0.39 is 10.8 Å². The predicted molar refractivity (Wildman–Crippen MR) is 166 cm³/mol. The molecule has 0 bridgehead atoms. The van der Waals surface area contributed by atoms with Gasteiger partial charge in [0.1, 0.15) is 12.4 Å². The second-order valence-corrected chi connectivity index (χ2v) is 12.0. The molecule has 1 saturated carbocycles. The summed E-state index contributed by atoms with van der Waals surface area (Å²) in [6, 6.07) is 16.0. The number of hydrogen-bond acceptors (Lipinski definition) is 6. The molecule has 1 aliphatic heterocycles. The highest BCUT2D eigenvalue weighted by molar-refractivity contribution is 7.85. The Morgan fingerprint density at radius 2 is 1.64 bits per heavy atom. The summed E-state index contributed by atoms with van der Waals surface area (Å²) < 4.78 is 26.3. The van der Waals surface area contributed by atoms with Crippen molar-refractivity contribution >= 4 is 22.4 Å². The lowest BCUT2D eigenvalue weighted by molar-refractivity contribution is -0.125. The third-order valence-electron chi connectivity index (χ3n) is 7.13. The van der Waals surface area contributed by atoms with Gasteiger partial charge in [0.15, 0.2) is 0 Å². The van der Waals surface area contributed by atoms with Crippen molar-refractivity contribution in [3.05, 3.63) is 66.2 Å². The molecule has 1 aromatic heterocycles. The number of carbonyl (C=O) groups is 1. The Bertz CT molecular complexity index is 1310. The molecular formula is C32H42FN5O3S. The number of hydrogen-bond donors (Lipinski definition) is 2. The zero-order valence-electron chi connectivity index (χ0n) is 24.6. The van der Waals surface area contributed by atoms with Crippen LogP contribution >= 0.6 is 0 Å². The van der Waals surface area contributed by atoms with Gasteiger partial charge in [-0.05, 0) is 54.8 Å². The van der Waals surface area contributed by atoms with Gasteiger partial charge in [-0.3, -0.25) is 9.00 Å². The van der Waals surface area contributed by atoms with E-state index in [2.05, 4.69) is 29.2 Å². The smallest absolute Gasteiger partial charge is 0.223 e. The zero-order chi connectivity index (χ0) is 30.3. The number of rotatable bonds is 6. The number of benzene rings is 2. The second kappa shape index (κ2) is 17.4. The van der Waals surface area contributed by atoms with Crippen molar-refractivity contribution in [1.82, 2.24) is 15.1 Å². The van der Waals surface area contributed by atoms with Gasteiger partial charge in [0.25, 0.3) is 0 Å². The largest absolute Gasteiger partial charge is 0.390 e. The van der Waals surface area contributed by atoms with Crippen molar-refractivity contribution in [2.24, 2.45) is 5.92 Å². The van der Waals surface area contributed by atoms with Crippen molar-refractivity contribution < 1.29 is 18.5 Å². The van der Waals surface area contributed by atoms with Gasteiger partial charge in [-0.2, -0.15) is 10.4 Å². The third-order valence-corrected chi connectivity index (χ3v) is 8.40. The molecule has 0 atom stereocenters. The van der Waals surface area contributed by atoms with E-state index in [1.807, 2.05) is 30.3 Å². The molecule has 8 nitrogen and oxygen atoms in total. The average molecular weight is 596 g/mol. The number of nitriles is 1. The molecule has 2 fully saturated rings. The van der Waals surface area contributed by atoms with Crippen LogP contribution in [-0.4, -0.2) is 56.1 Å². The van der Waals surface area contributed by atoms with Crippen LogP contribution < -0.4 is 10.2 Å². The molecule has 2 aliphatic rings. The zero-order valence-corrected chi connectivity index (χ0v) is 25.4. The number of nitrogens with zero attached hydrogens (tertiary/aromatic N) is 4. The number of anilines is 1. The van der Waals surface area contributed by atoms with E-state index in [0.717, 1.165) is 55.6 Å². The fraction of sp³-hybridized carbons (Fsp3) is 0.469. The quantitative estimate of drug-likeness (QED) is 0.371. The maximum absolute atomic E-state index is 13.2. The molecule has 1 aliphatic carbocycles. The maximum atomic E-state index is 13.2. The van der Waals surface area contributed by atoms with Crippen LogP contribution in [0.1, 0.15) is 58.1 Å². The third kappa shape index (κ3) is 9.50. The summed E-state index contributed by atoms with van der Waals surface area (Å²) >= 11 is 0. The van der Waals surface area contributed by atoms with Crippen LogP contribution in [0.25, 0.3) is 16.8 Å². The van der Waals surface area contributed by atoms with E-state index in [1.54, 1.807) is 23.0 Å². The minimum absolute atomic E-state index is 0.0660. The highest BCUT2D eigenvalue weighted by Crippen LogP contribution is 2.28. The van der Waals surface area contributed by atoms with Gasteiger partial charge < -0.3 is 15.3 Å². The summed E-state index contributed by atoms with van der Waals surface area (Å²) in [4.78, 5) is 13.5. The number of aliphatic hydroxyl groups is 1. The van der Waals surface area contributed by atoms with E-state index in [1.165, 1.54) is 25.0 Å². The molecule has 226 valence electrons. The molecule has 0 spiro atoms. The number of halogens is 1. The molecule has 42 heavy (non-hydrogen) atoms. The molecule has 0 unspecified atom stereocenters. The maximum Gasteiger partial charge on any atom is 0.223 e. The summed E-state index contributed by atoms with van der Waals surface area (Å²) in [6.45, 7) is 5.83. The van der Waals surface area contributed by atoms with Crippen LogP contribution in [-0.2, 0) is 22.2 Å². The van der Waals surface area contributed by atoms with Crippen LogP contribution in [0.5, 0.6) is 0 Å². The Labute approximate surface area is 251 Å². The molecule has 1 saturated heterocycles. The van der Waals surface area contributed by atoms with E-state index >= 15 is 0 Å². The van der Waals surface area contributed by atoms with Gasteiger partial charge in [-0.1, -0.05) is 51.7 Å². The average Bonchev–Trinajstić information content (AvgIpc) is 3.46. The molecule has 2 aromatic carbocycles. The van der Waals surface area contributed by atoms with Crippen molar-refractivity contribution in [1.29, 1.82) is 5.26 Å². The van der Waals surface area contributed by atoms with Gasteiger partial charge in [-0.15, -0.1) is 0 Å². The summed E-state index contributed by atoms with van der Waals surface area (Å²) in [6.07, 6.45) is 8.53. The van der Waals surface area contributed by atoms with Crippen LogP contribution in [0.3, 0.4) is 0 Å². The first-order chi connectivity index (χ1) is 20.4. The monoisotopic (exact) mass is 595 g/mol. The summed E-state index contributed by atoms with van der Waals surface area (Å²) in [5.74, 6) is 1.35. The summed E-state index contributed by atoms with van der Waals surface area (Å²) in [5, 5.41) is 25.1. The lowest BCUT2D eigenvalue weighted by Gasteiger charge is -2.28. The Morgan fingerprint density at radius 1 is 1.05 bits per heavy atom. The number of carbonyl (C=O) groups excluding carboxylic acids is 1. The van der Waals surface area contributed by atoms with E-state index in [4.69, 9.17) is 5.26 Å². The normalized spacial score (nSPS) is 15.5. The SMILES string of the molecule is CCC.N#CCNC(=O)C1CCCCC1.O=S1CCN(c2ccc(-c3cnn(-c4ccc(F)cc4)c3CO)cc2)CC1. The van der Waals surface area contributed by atoms with Gasteiger partial charge >= 0.3 is 0 Å². The predicted octanol–water partition coefficient (Wildman–Crippen LogP) is 5.36. The minimum Gasteiger partial charge on any atom is -0.390 e. The number of nitrogens with one attached hydrogen (secondary N) is 1. The van der Waals surface area contributed by atoms with Crippen molar-refractivity contribution in [3.8, 4) is 22.9 Å². The van der Waals surface area contributed by atoms with Crippen LogP contribution in [0.2, 0.25) is 0 Å². The van der Waals surface area contributed by atoms with Crippen LogP contribution in [0, 0.1) is 23.1 Å². The first-order valence-electron chi connectivity index (χ1n) is 14.7. The van der Waals surface area contributed by atoms with Gasteiger partial charge in [0.05, 0.1) is 30.3 Å². The molecule has 3 aromatic rings. The van der Waals surface area contributed by atoms with E-state index in [-0.39, 0.29) is 30.8 Å². The molecule has 1 amide bonds. The van der Waals surface area contributed by atoms with Gasteiger partial charge in [0, 0.05) is 52.6 Å². The van der Waals surface area contributed by atoms with Crippen LogP contribution in [0.4, 0.5) is 10.1 Å². The first-order valence-corrected chi connectivity index (χ1v) is 16.2. The number of aliphatic hydroxyl groups excluding tert-OH is 1. The van der Waals surface area contributed by atoms with Gasteiger partial charge in [0.2, 0.25) is 5.91 Å². The lowest BCUT2D eigenvalue weighted by Crippen LogP contribution is -2.37. The molecule has 0 radical (unpaired) electrons. The lowest BCUT2D eigenvalue weighted by atomic mass is 9.89. The molecule has 10 heteroatoms. The molecular weight excluding hydrogens is 553 g/mol. The fourth-order valence-electron chi connectivity index (χ4n) is 4.96. The Balaban J connectivity index is 0.000000270. The highest BCUT2D eigenvalue weighted by atomic mass is 32.2. The van der Waals surface area contributed by atoms with Crippen LogP contribution in [0.15, 0.2) is 54.7 Å². The van der Waals surface area contributed by atoms with Crippen molar-refractivity contribution in [3.63, 3.8) is 0 Å². The fourth-order valence-corrected chi connectivity index (χ4v) is 6.01. The van der Waals surface area contributed by atoms with Gasteiger partial charge in [-0.25, -0.2) is 9.07 Å². The molecule has 5 rings (SSSR count). The Morgan fingerprint density at radius 3 is 2.21 bits per heavy atom. The molecule has 2 N–H and O–H groups in total. The number of aromatic nitrogens is 2. The number of amides is 1. The van der Waals surface area contributed by atoms with Crippen molar-refractivity contribution in [2.75, 3.05) is 36.0 Å². The van der Waals surface area contributed by atoms with Crippen molar-refractivity contribution in [2.45, 2.75) is 59.0 Å². The Hall–Kier alpha value is -3.55. The summed E-state index contributed by atoms with van der Waals surface area (Å²) in [5.41, 5.74) is 4.25.